The minimum absolute atomic E-state index is 0.0852. The molecule has 2 aromatic carbocycles. The molecular weight excluding hydrogens is 230 g/mol. The minimum atomic E-state index is 0.0852. The molecule has 1 unspecified atom stereocenters. The maximum Gasteiger partial charge on any atom is 0.0452 e. The van der Waals surface area contributed by atoms with E-state index in [1.54, 1.807) is 0 Å². The molecule has 0 radical (unpaired) electrons. The predicted octanol–water partition coefficient (Wildman–Crippen LogP) is 4.67. The van der Waals surface area contributed by atoms with E-state index >= 15 is 0 Å². The number of hydrogen-bond acceptors (Lipinski definition) is 1. The fraction of sp³-hybridized carbons (Fsp3) is 0.222. The van der Waals surface area contributed by atoms with E-state index in [1.165, 1.54) is 16.9 Å². The third kappa shape index (κ3) is 1.95. The summed E-state index contributed by atoms with van der Waals surface area (Å²) in [6.45, 7) is 7.34. The van der Waals surface area contributed by atoms with Crippen molar-refractivity contribution < 1.29 is 0 Å². The molecule has 0 N–H and O–H groups in total. The summed E-state index contributed by atoms with van der Waals surface area (Å²) in [6.07, 6.45) is 3.19. The zero-order valence-corrected chi connectivity index (χ0v) is 11.3. The van der Waals surface area contributed by atoms with Gasteiger partial charge in [0.15, 0.2) is 0 Å². The first-order chi connectivity index (χ1) is 9.24. The lowest BCUT2D eigenvalue weighted by atomic mass is 9.76. The maximum absolute atomic E-state index is 4.03. The average molecular weight is 249 g/mol. The second-order valence-corrected chi connectivity index (χ2v) is 5.38. The number of anilines is 2. The number of nitrogens with zero attached hydrogens (tertiary/aromatic N) is 1. The zero-order chi connectivity index (χ0) is 13.3. The van der Waals surface area contributed by atoms with Gasteiger partial charge in [0, 0.05) is 23.3 Å². The van der Waals surface area contributed by atoms with Crippen LogP contribution >= 0.6 is 0 Å². The Kier molecular flexibility index (Phi) is 2.90. The van der Waals surface area contributed by atoms with Crippen molar-refractivity contribution in [2.24, 2.45) is 0 Å². The molecule has 96 valence electrons. The highest BCUT2D eigenvalue weighted by Crippen LogP contribution is 2.43. The van der Waals surface area contributed by atoms with E-state index in [1.807, 2.05) is 0 Å². The van der Waals surface area contributed by atoms with Crippen LogP contribution in [0.25, 0.3) is 0 Å². The Hall–Kier alpha value is -2.02. The van der Waals surface area contributed by atoms with Crippen LogP contribution < -0.4 is 4.90 Å². The van der Waals surface area contributed by atoms with Gasteiger partial charge >= 0.3 is 0 Å². The van der Waals surface area contributed by atoms with Crippen LogP contribution in [0.4, 0.5) is 11.4 Å². The summed E-state index contributed by atoms with van der Waals surface area (Å²) in [5.74, 6) is 0. The maximum atomic E-state index is 4.03. The molecule has 1 aliphatic rings. The predicted molar refractivity (Wildman–Crippen MR) is 82.1 cm³/mol. The van der Waals surface area contributed by atoms with Gasteiger partial charge in [0.25, 0.3) is 0 Å². The Morgan fingerprint density at radius 3 is 2.47 bits per heavy atom. The third-order valence-corrected chi connectivity index (χ3v) is 4.18. The molecule has 0 aliphatic carbocycles. The average Bonchev–Trinajstić information content (AvgIpc) is 2.49. The Balaban J connectivity index is 2.12. The van der Waals surface area contributed by atoms with E-state index in [-0.39, 0.29) is 5.41 Å². The van der Waals surface area contributed by atoms with Crippen LogP contribution in [0.1, 0.15) is 18.9 Å². The van der Waals surface area contributed by atoms with Crippen LogP contribution in [0, 0.1) is 0 Å². The first kappa shape index (κ1) is 12.0. The normalized spacial score (nSPS) is 21.8. The Labute approximate surface area is 115 Å². The van der Waals surface area contributed by atoms with Crippen LogP contribution in [0.2, 0.25) is 0 Å². The molecule has 0 amide bonds. The van der Waals surface area contributed by atoms with Crippen LogP contribution in [-0.2, 0) is 5.41 Å². The molecule has 0 fully saturated rings. The summed E-state index contributed by atoms with van der Waals surface area (Å²) >= 11 is 0. The molecule has 1 nitrogen and oxygen atoms in total. The van der Waals surface area contributed by atoms with Crippen LogP contribution in [0.5, 0.6) is 0 Å². The summed E-state index contributed by atoms with van der Waals surface area (Å²) in [5.41, 5.74) is 4.03. The van der Waals surface area contributed by atoms with Gasteiger partial charge < -0.3 is 4.90 Å². The number of hydrogen-bond donors (Lipinski definition) is 0. The van der Waals surface area contributed by atoms with E-state index in [0.29, 0.717) is 0 Å². The molecule has 0 saturated carbocycles. The number of benzene rings is 2. The van der Waals surface area contributed by atoms with Gasteiger partial charge in [-0.15, -0.1) is 6.58 Å². The number of fused-ring (bicyclic) bond motifs is 1. The van der Waals surface area contributed by atoms with Crippen molar-refractivity contribution >= 4 is 11.4 Å². The van der Waals surface area contributed by atoms with Crippen molar-refractivity contribution in [2.45, 2.75) is 18.8 Å². The first-order valence-electron chi connectivity index (χ1n) is 6.80. The van der Waals surface area contributed by atoms with E-state index in [2.05, 4.69) is 79.1 Å². The second kappa shape index (κ2) is 4.58. The molecular formula is C18H19N. The lowest BCUT2D eigenvalue weighted by molar-refractivity contribution is 0.524. The van der Waals surface area contributed by atoms with Gasteiger partial charge in [0.2, 0.25) is 0 Å². The molecule has 2 aromatic rings. The molecule has 0 saturated heterocycles. The topological polar surface area (TPSA) is 3.24 Å². The van der Waals surface area contributed by atoms with E-state index < -0.39 is 0 Å². The number of rotatable bonds is 2. The fourth-order valence-corrected chi connectivity index (χ4v) is 2.88. The summed E-state index contributed by atoms with van der Waals surface area (Å²) in [5, 5.41) is 0. The van der Waals surface area contributed by atoms with Crippen molar-refractivity contribution in [3.8, 4) is 0 Å². The quantitative estimate of drug-likeness (QED) is 0.699. The molecule has 1 heterocycles. The smallest absolute Gasteiger partial charge is 0.0452 e. The molecule has 1 heteroatoms. The van der Waals surface area contributed by atoms with E-state index in [4.69, 9.17) is 0 Å². The Morgan fingerprint density at radius 2 is 1.74 bits per heavy atom. The van der Waals surface area contributed by atoms with Crippen LogP contribution in [0.3, 0.4) is 0 Å². The summed E-state index contributed by atoms with van der Waals surface area (Å²) in [6, 6.07) is 19.3. The van der Waals surface area contributed by atoms with Gasteiger partial charge in [0.05, 0.1) is 0 Å². The van der Waals surface area contributed by atoms with Gasteiger partial charge in [-0.3, -0.25) is 0 Å². The minimum Gasteiger partial charge on any atom is -0.341 e. The largest absolute Gasteiger partial charge is 0.341 e. The highest BCUT2D eigenvalue weighted by molar-refractivity contribution is 5.70. The molecule has 1 aliphatic heterocycles. The molecule has 1 atom stereocenters. The number of allylic oxidation sites excluding steroid dienone is 1. The van der Waals surface area contributed by atoms with Gasteiger partial charge in [-0.2, -0.15) is 0 Å². The molecule has 0 bridgehead atoms. The van der Waals surface area contributed by atoms with Crippen molar-refractivity contribution in [1.82, 2.24) is 0 Å². The lowest BCUT2D eigenvalue weighted by Gasteiger charge is -2.40. The van der Waals surface area contributed by atoms with Crippen LogP contribution in [0.15, 0.2) is 67.3 Å². The second-order valence-electron chi connectivity index (χ2n) is 5.38. The summed E-state index contributed by atoms with van der Waals surface area (Å²) in [4.78, 5) is 2.40. The summed E-state index contributed by atoms with van der Waals surface area (Å²) in [7, 11) is 0. The monoisotopic (exact) mass is 249 g/mol. The SMILES string of the molecule is C=CC1(C)CCN(c2ccccc2)c2ccccc21. The fourth-order valence-electron chi connectivity index (χ4n) is 2.88. The van der Waals surface area contributed by atoms with Crippen molar-refractivity contribution in [2.75, 3.05) is 11.4 Å². The van der Waals surface area contributed by atoms with Crippen LogP contribution in [-0.4, -0.2) is 6.54 Å². The molecule has 3 rings (SSSR count). The molecule has 0 spiro atoms. The van der Waals surface area contributed by atoms with Crippen molar-refractivity contribution in [3.63, 3.8) is 0 Å². The standard InChI is InChI=1S/C18H19N/c1-3-18(2)13-14-19(15-9-5-4-6-10-15)17-12-8-7-11-16(17)18/h3-12H,1,13-14H2,2H3. The highest BCUT2D eigenvalue weighted by atomic mass is 15.1. The van der Waals surface area contributed by atoms with Gasteiger partial charge in [-0.25, -0.2) is 0 Å². The Morgan fingerprint density at radius 1 is 1.05 bits per heavy atom. The molecule has 19 heavy (non-hydrogen) atoms. The Bertz CT molecular complexity index is 588. The summed E-state index contributed by atoms with van der Waals surface area (Å²) < 4.78 is 0. The van der Waals surface area contributed by atoms with Gasteiger partial charge in [-0.05, 0) is 30.2 Å². The first-order valence-corrected chi connectivity index (χ1v) is 6.80. The van der Waals surface area contributed by atoms with E-state index in [9.17, 15) is 0 Å². The van der Waals surface area contributed by atoms with E-state index in [0.717, 1.165) is 13.0 Å². The third-order valence-electron chi connectivity index (χ3n) is 4.18. The van der Waals surface area contributed by atoms with Gasteiger partial charge in [-0.1, -0.05) is 49.4 Å². The number of para-hydroxylation sites is 2. The zero-order valence-electron chi connectivity index (χ0n) is 11.3. The van der Waals surface area contributed by atoms with Crippen molar-refractivity contribution in [1.29, 1.82) is 0 Å². The molecule has 0 aromatic heterocycles. The van der Waals surface area contributed by atoms with Crippen molar-refractivity contribution in [3.05, 3.63) is 72.8 Å². The lowest BCUT2D eigenvalue weighted by Crippen LogP contribution is -2.35. The highest BCUT2D eigenvalue weighted by Gasteiger charge is 2.32. The van der Waals surface area contributed by atoms with Gasteiger partial charge in [0.1, 0.15) is 0 Å².